The van der Waals surface area contributed by atoms with Gasteiger partial charge in [0.25, 0.3) is 11.1 Å². The van der Waals surface area contributed by atoms with E-state index in [4.69, 9.17) is 4.74 Å². The van der Waals surface area contributed by atoms with E-state index >= 15 is 0 Å². The summed E-state index contributed by atoms with van der Waals surface area (Å²) >= 11 is 0. The summed E-state index contributed by atoms with van der Waals surface area (Å²) in [4.78, 5) is 41.9. The van der Waals surface area contributed by atoms with Crippen molar-refractivity contribution in [3.8, 4) is 51.4 Å². The minimum atomic E-state index is -4.45. The zero-order chi connectivity index (χ0) is 40.5. The predicted molar refractivity (Wildman–Crippen MR) is 193 cm³/mol. The van der Waals surface area contributed by atoms with E-state index < -0.39 is 47.5 Å². The Morgan fingerprint density at radius 3 is 1.43 bits per heavy atom. The lowest BCUT2D eigenvalue weighted by Gasteiger charge is -2.14. The minimum absolute atomic E-state index is 0.00494. The van der Waals surface area contributed by atoms with Crippen molar-refractivity contribution in [2.24, 2.45) is 0 Å². The summed E-state index contributed by atoms with van der Waals surface area (Å²) in [5.74, 6) is 0.0307. The second-order valence-electron chi connectivity index (χ2n) is 11.3. The number of rotatable bonds is 11. The van der Waals surface area contributed by atoms with Crippen LogP contribution in [-0.2, 0) is 10.8 Å². The third kappa shape index (κ3) is 11.1. The minimum Gasteiger partial charge on any atom is -0.484 e. The van der Waals surface area contributed by atoms with Crippen LogP contribution in [-0.4, -0.2) is 71.7 Å². The Morgan fingerprint density at radius 1 is 0.607 bits per heavy atom. The summed E-state index contributed by atoms with van der Waals surface area (Å²) in [6.45, 7) is -0.778. The van der Waals surface area contributed by atoms with Gasteiger partial charge in [-0.1, -0.05) is 0 Å². The van der Waals surface area contributed by atoms with Crippen molar-refractivity contribution in [1.29, 1.82) is 0 Å². The summed E-state index contributed by atoms with van der Waals surface area (Å²) in [5, 5.41) is 0.0169. The van der Waals surface area contributed by atoms with Crippen molar-refractivity contribution < 1.29 is 44.8 Å². The lowest BCUT2D eigenvalue weighted by Crippen LogP contribution is -2.23. The van der Waals surface area contributed by atoms with Crippen LogP contribution in [0.1, 0.15) is 6.92 Å². The summed E-state index contributed by atoms with van der Waals surface area (Å²) in [6.07, 6.45) is -1.23. The van der Waals surface area contributed by atoms with Gasteiger partial charge in [0.2, 0.25) is 5.16 Å². The molecule has 0 spiro atoms. The summed E-state index contributed by atoms with van der Waals surface area (Å²) in [7, 11) is -1.60. The molecule has 0 aliphatic carbocycles. The number of nitrogens with zero attached hydrogens (tertiary/aromatic N) is 6. The highest BCUT2D eigenvalue weighted by atomic mass is 32.2. The molecular formula is C37H30F6N6O6S. The van der Waals surface area contributed by atoms with Crippen molar-refractivity contribution in [3.05, 3.63) is 130 Å². The molecule has 0 aliphatic heterocycles. The van der Waals surface area contributed by atoms with Crippen LogP contribution in [0.2, 0.25) is 0 Å². The Hall–Kier alpha value is -6.37. The van der Waals surface area contributed by atoms with Crippen molar-refractivity contribution in [2.75, 3.05) is 26.1 Å². The number of ether oxygens (including phenoxy) is 3. The van der Waals surface area contributed by atoms with E-state index in [1.807, 2.05) is 0 Å². The van der Waals surface area contributed by atoms with Gasteiger partial charge in [-0.2, -0.15) is 31.3 Å². The predicted octanol–water partition coefficient (Wildman–Crippen LogP) is 6.61. The van der Waals surface area contributed by atoms with Gasteiger partial charge in [0, 0.05) is 54.3 Å². The van der Waals surface area contributed by atoms with Gasteiger partial charge in [0.15, 0.2) is 13.2 Å². The molecule has 0 bridgehead atoms. The second-order valence-corrected chi connectivity index (χ2v) is 12.6. The van der Waals surface area contributed by atoms with Crippen LogP contribution in [0.25, 0.3) is 33.9 Å². The lowest BCUT2D eigenvalue weighted by atomic mass is 10.2. The first-order chi connectivity index (χ1) is 26.6. The molecule has 2 aromatic carbocycles. The van der Waals surface area contributed by atoms with Crippen LogP contribution in [0.5, 0.6) is 17.5 Å². The van der Waals surface area contributed by atoms with Crippen LogP contribution in [0, 0.1) is 0 Å². The molecule has 1 atom stereocenters. The molecule has 19 heteroatoms. The molecule has 1 unspecified atom stereocenters. The smallest absolute Gasteiger partial charge is 0.422 e. The first kappa shape index (κ1) is 40.8. The Morgan fingerprint density at radius 2 is 1.02 bits per heavy atom. The van der Waals surface area contributed by atoms with E-state index in [0.29, 0.717) is 33.9 Å². The average Bonchev–Trinajstić information content (AvgIpc) is 3.17. The van der Waals surface area contributed by atoms with Gasteiger partial charge in [-0.3, -0.25) is 28.3 Å². The molecule has 0 saturated carbocycles. The number of pyridine rings is 2. The second kappa shape index (κ2) is 17.8. The largest absolute Gasteiger partial charge is 0.484 e. The van der Waals surface area contributed by atoms with E-state index in [-0.39, 0.29) is 29.3 Å². The van der Waals surface area contributed by atoms with Gasteiger partial charge in [-0.25, -0.2) is 9.55 Å². The highest BCUT2D eigenvalue weighted by Crippen LogP contribution is 2.24. The summed E-state index contributed by atoms with van der Waals surface area (Å²) < 4.78 is 103. The maximum absolute atomic E-state index is 12.7. The highest BCUT2D eigenvalue weighted by molar-refractivity contribution is 7.84. The fraction of sp³-hybridized carbons (Fsp3) is 0.189. The summed E-state index contributed by atoms with van der Waals surface area (Å²) in [6, 6.07) is 20.5. The molecule has 4 heterocycles. The van der Waals surface area contributed by atoms with Crippen molar-refractivity contribution >= 4 is 10.8 Å². The first-order valence-corrected chi connectivity index (χ1v) is 17.8. The molecular weight excluding hydrogens is 770 g/mol. The topological polar surface area (TPSA) is 140 Å². The van der Waals surface area contributed by atoms with Gasteiger partial charge >= 0.3 is 18.4 Å². The molecule has 0 amide bonds. The fourth-order valence-corrected chi connectivity index (χ4v) is 5.55. The van der Waals surface area contributed by atoms with E-state index in [0.717, 1.165) is 4.57 Å². The van der Waals surface area contributed by atoms with Crippen molar-refractivity contribution in [2.45, 2.75) is 24.4 Å². The van der Waals surface area contributed by atoms with Crippen LogP contribution < -0.4 is 25.3 Å². The van der Waals surface area contributed by atoms with Gasteiger partial charge in [0.05, 0.1) is 40.2 Å². The van der Waals surface area contributed by atoms with E-state index in [1.54, 1.807) is 56.0 Å². The molecule has 6 aromatic rings. The Kier molecular flexibility index (Phi) is 13.0. The normalized spacial score (nSPS) is 11.9. The molecule has 12 nitrogen and oxygen atoms in total. The van der Waals surface area contributed by atoms with Gasteiger partial charge in [0.1, 0.15) is 11.5 Å². The molecule has 0 saturated heterocycles. The molecule has 292 valence electrons. The van der Waals surface area contributed by atoms with Crippen molar-refractivity contribution in [1.82, 2.24) is 29.1 Å². The molecule has 4 aromatic heterocycles. The van der Waals surface area contributed by atoms with E-state index in [2.05, 4.69) is 29.4 Å². The molecule has 0 aliphatic rings. The standard InChI is InChI=1S/C19H16F3N3O3.C18H14F3N3O3S/c1-2-27-18-24-16(13-7-9-23-10-8-13)11-17(26)25(18)14-3-5-15(6-4-14)28-12-19(20,21)22;1-28(26)17-23-15(12-6-8-22-9-7-12)10-16(25)24(17)13-2-4-14(5-3-13)27-11-18(19,20)21/h3-11H,2,12H2,1H3;2-10H,11H2,1H3. The Labute approximate surface area is 316 Å². The van der Waals surface area contributed by atoms with Crippen molar-refractivity contribution in [3.63, 3.8) is 0 Å². The molecule has 0 radical (unpaired) electrons. The number of hydrogen-bond acceptors (Lipinski definition) is 10. The Balaban J connectivity index is 0.000000214. The summed E-state index contributed by atoms with van der Waals surface area (Å²) in [5.41, 5.74) is 1.95. The van der Waals surface area contributed by atoms with E-state index in [9.17, 15) is 40.1 Å². The maximum atomic E-state index is 12.7. The van der Waals surface area contributed by atoms with Gasteiger partial charge in [-0.15, -0.1) is 0 Å². The number of aromatic nitrogens is 6. The number of benzene rings is 2. The number of halogens is 6. The zero-order valence-electron chi connectivity index (χ0n) is 29.3. The maximum Gasteiger partial charge on any atom is 0.422 e. The van der Waals surface area contributed by atoms with Crippen LogP contribution in [0.3, 0.4) is 0 Å². The SMILES string of the molecule is CCOc1nc(-c2ccncc2)cc(=O)n1-c1ccc(OCC(F)(F)F)cc1.CS(=O)c1nc(-c2ccncc2)cc(=O)n1-c1ccc(OCC(F)(F)F)cc1. The number of alkyl halides is 6. The third-order valence-corrected chi connectivity index (χ3v) is 8.04. The molecule has 0 N–H and O–H groups in total. The highest BCUT2D eigenvalue weighted by Gasteiger charge is 2.29. The zero-order valence-corrected chi connectivity index (χ0v) is 30.1. The molecule has 0 fully saturated rings. The third-order valence-electron chi connectivity index (χ3n) is 7.25. The van der Waals surface area contributed by atoms with E-state index in [1.165, 1.54) is 71.5 Å². The monoisotopic (exact) mass is 800 g/mol. The average molecular weight is 801 g/mol. The fourth-order valence-electron chi connectivity index (χ4n) is 4.87. The molecule has 6 rings (SSSR count). The van der Waals surface area contributed by atoms with Crippen LogP contribution in [0.4, 0.5) is 26.3 Å². The lowest BCUT2D eigenvalue weighted by molar-refractivity contribution is -0.154. The quantitative estimate of drug-likeness (QED) is 0.104. The van der Waals surface area contributed by atoms with Gasteiger partial charge in [-0.05, 0) is 79.7 Å². The molecule has 56 heavy (non-hydrogen) atoms. The Bertz CT molecular complexity index is 2380. The van der Waals surface area contributed by atoms with Gasteiger partial charge < -0.3 is 14.2 Å². The first-order valence-electron chi connectivity index (χ1n) is 16.3. The van der Waals surface area contributed by atoms with Crippen LogP contribution in [0.15, 0.2) is 124 Å². The number of hydrogen-bond donors (Lipinski definition) is 0. The van der Waals surface area contributed by atoms with Crippen LogP contribution >= 0.6 is 0 Å².